The quantitative estimate of drug-likeness (QED) is 0.540. The van der Waals surface area contributed by atoms with Gasteiger partial charge in [0.2, 0.25) is 0 Å². The van der Waals surface area contributed by atoms with Crippen molar-refractivity contribution in [3.05, 3.63) is 47.4 Å². The topological polar surface area (TPSA) is 103 Å². The zero-order valence-corrected chi connectivity index (χ0v) is 16.8. The van der Waals surface area contributed by atoms with Crippen LogP contribution in [0.25, 0.3) is 5.57 Å². The van der Waals surface area contributed by atoms with Crippen molar-refractivity contribution < 1.29 is 24.1 Å². The molecular formula is C21H25N3O5. The summed E-state index contributed by atoms with van der Waals surface area (Å²) in [7, 11) is 1.30. The number of carbonyl (C=O) groups is 1. The maximum atomic E-state index is 12.3. The molecule has 0 bridgehead atoms. The van der Waals surface area contributed by atoms with Gasteiger partial charge in [-0.15, -0.1) is 0 Å². The van der Waals surface area contributed by atoms with Crippen molar-refractivity contribution >= 4 is 23.0 Å². The molecule has 8 nitrogen and oxygen atoms in total. The van der Waals surface area contributed by atoms with E-state index in [4.69, 9.17) is 14.2 Å². The third-order valence-corrected chi connectivity index (χ3v) is 4.55. The Labute approximate surface area is 169 Å². The van der Waals surface area contributed by atoms with Gasteiger partial charge in [-0.2, -0.15) is 0 Å². The molecule has 2 heterocycles. The maximum absolute atomic E-state index is 12.3. The van der Waals surface area contributed by atoms with E-state index < -0.39 is 12.8 Å². The lowest BCUT2D eigenvalue weighted by Gasteiger charge is -2.20. The average molecular weight is 399 g/mol. The zero-order chi connectivity index (χ0) is 20.8. The molecule has 0 aliphatic carbocycles. The van der Waals surface area contributed by atoms with Crippen LogP contribution in [0.3, 0.4) is 0 Å². The molecule has 154 valence electrons. The second-order valence-corrected chi connectivity index (χ2v) is 6.77. The van der Waals surface area contributed by atoms with E-state index in [-0.39, 0.29) is 17.4 Å². The number of aliphatic hydroxyl groups is 1. The number of nitrogens with zero attached hydrogens (tertiary/aromatic N) is 2. The van der Waals surface area contributed by atoms with E-state index in [9.17, 15) is 9.90 Å². The highest BCUT2D eigenvalue weighted by atomic mass is 16.6. The average Bonchev–Trinajstić information content (AvgIpc) is 2.75. The number of benzene rings is 1. The van der Waals surface area contributed by atoms with Crippen molar-refractivity contribution in [1.29, 1.82) is 0 Å². The van der Waals surface area contributed by atoms with E-state index in [2.05, 4.69) is 15.3 Å². The third-order valence-electron chi connectivity index (χ3n) is 4.55. The predicted octanol–water partition coefficient (Wildman–Crippen LogP) is 3.26. The molecule has 8 heteroatoms. The molecule has 2 aromatic rings. The number of nitrogens with one attached hydrogen (secondary N) is 1. The second-order valence-electron chi connectivity index (χ2n) is 6.77. The molecule has 0 fully saturated rings. The van der Waals surface area contributed by atoms with Crippen LogP contribution in [0.15, 0.2) is 30.5 Å². The number of para-hydroxylation sites is 1. The molecule has 3 rings (SSSR count). The summed E-state index contributed by atoms with van der Waals surface area (Å²) in [6.07, 6.45) is 4.35. The number of anilines is 2. The van der Waals surface area contributed by atoms with Crippen LogP contribution in [0.4, 0.5) is 11.5 Å². The Morgan fingerprint density at radius 3 is 2.86 bits per heavy atom. The van der Waals surface area contributed by atoms with Gasteiger partial charge in [0.1, 0.15) is 0 Å². The number of methoxy groups -OCH3 is 1. The number of hydrogen-bond donors (Lipinski definition) is 2. The van der Waals surface area contributed by atoms with Crippen LogP contribution in [0.2, 0.25) is 0 Å². The fourth-order valence-electron chi connectivity index (χ4n) is 3.02. The van der Waals surface area contributed by atoms with Gasteiger partial charge in [-0.3, -0.25) is 0 Å². The van der Waals surface area contributed by atoms with Gasteiger partial charge in [-0.25, -0.2) is 14.8 Å². The summed E-state index contributed by atoms with van der Waals surface area (Å²) in [5, 5.41) is 12.5. The Morgan fingerprint density at radius 2 is 2.21 bits per heavy atom. The minimum Gasteiger partial charge on any atom is -0.465 e. The number of ether oxygens (including phenoxy) is 3. The van der Waals surface area contributed by atoms with E-state index in [1.54, 1.807) is 12.3 Å². The van der Waals surface area contributed by atoms with Gasteiger partial charge < -0.3 is 24.6 Å². The first kappa shape index (κ1) is 20.8. The highest BCUT2D eigenvalue weighted by molar-refractivity contribution is 5.93. The summed E-state index contributed by atoms with van der Waals surface area (Å²) in [5.41, 5.74) is 3.24. The smallest absolute Gasteiger partial charge is 0.360 e. The first-order chi connectivity index (χ1) is 14.0. The molecule has 1 aliphatic heterocycles. The van der Waals surface area contributed by atoms with Crippen LogP contribution < -0.4 is 10.1 Å². The molecule has 0 radical (unpaired) electrons. The molecular weight excluding hydrogens is 374 g/mol. The highest BCUT2D eigenvalue weighted by Gasteiger charge is 2.21. The summed E-state index contributed by atoms with van der Waals surface area (Å²) >= 11 is 0. The second kappa shape index (κ2) is 9.49. The van der Waals surface area contributed by atoms with Gasteiger partial charge in [-0.05, 0) is 24.0 Å². The number of carbonyl (C=O) groups excluding carboxylic acids is 1. The van der Waals surface area contributed by atoms with Crippen molar-refractivity contribution in [2.24, 2.45) is 0 Å². The molecule has 0 unspecified atom stereocenters. The largest absolute Gasteiger partial charge is 0.465 e. The molecule has 0 spiro atoms. The predicted molar refractivity (Wildman–Crippen MR) is 108 cm³/mol. The molecule has 0 saturated heterocycles. The summed E-state index contributed by atoms with van der Waals surface area (Å²) in [6.45, 7) is 4.60. The van der Waals surface area contributed by atoms with Gasteiger partial charge in [0.25, 0.3) is 0 Å². The summed E-state index contributed by atoms with van der Waals surface area (Å²) < 4.78 is 15.8. The lowest BCUT2D eigenvalue weighted by atomic mass is 9.99. The van der Waals surface area contributed by atoms with Crippen molar-refractivity contribution in [1.82, 2.24) is 9.97 Å². The fourth-order valence-corrected chi connectivity index (χ4v) is 3.02. The molecule has 0 amide bonds. The van der Waals surface area contributed by atoms with Crippen molar-refractivity contribution in [3.8, 4) is 5.75 Å². The third kappa shape index (κ3) is 4.72. The molecule has 1 aromatic heterocycles. The highest BCUT2D eigenvalue weighted by Crippen LogP contribution is 2.37. The Morgan fingerprint density at radius 1 is 1.38 bits per heavy atom. The molecule has 29 heavy (non-hydrogen) atoms. The number of hydrogen-bond acceptors (Lipinski definition) is 8. The van der Waals surface area contributed by atoms with E-state index in [0.29, 0.717) is 30.3 Å². The Kier molecular flexibility index (Phi) is 6.79. The van der Waals surface area contributed by atoms with Crippen LogP contribution in [0.5, 0.6) is 5.75 Å². The molecule has 0 atom stereocenters. The molecule has 1 aliphatic rings. The maximum Gasteiger partial charge on any atom is 0.360 e. The van der Waals surface area contributed by atoms with Gasteiger partial charge in [0.05, 0.1) is 37.9 Å². The van der Waals surface area contributed by atoms with Crippen LogP contribution in [-0.2, 0) is 9.47 Å². The molecule has 1 aromatic carbocycles. The van der Waals surface area contributed by atoms with Crippen molar-refractivity contribution in [2.45, 2.75) is 26.2 Å². The molecule has 0 saturated carbocycles. The number of esters is 1. The van der Waals surface area contributed by atoms with Crippen molar-refractivity contribution in [2.75, 3.05) is 32.4 Å². The van der Waals surface area contributed by atoms with Gasteiger partial charge in [-0.1, -0.05) is 32.1 Å². The monoisotopic (exact) mass is 399 g/mol. The zero-order valence-electron chi connectivity index (χ0n) is 16.8. The van der Waals surface area contributed by atoms with Crippen LogP contribution in [-0.4, -0.2) is 48.2 Å². The van der Waals surface area contributed by atoms with Crippen LogP contribution in [0, 0.1) is 0 Å². The Hall–Kier alpha value is -2.97. The van der Waals surface area contributed by atoms with Crippen molar-refractivity contribution in [3.63, 3.8) is 0 Å². The van der Waals surface area contributed by atoms with Crippen LogP contribution >= 0.6 is 0 Å². The van der Waals surface area contributed by atoms with E-state index in [1.807, 2.05) is 32.1 Å². The van der Waals surface area contributed by atoms with Crippen LogP contribution in [0.1, 0.15) is 47.9 Å². The SMILES string of the molecule is COC(=O)c1nc(C(C)C)cnc1Nc1cccc(C2=CCOCC2)c1OCO. The summed E-state index contributed by atoms with van der Waals surface area (Å²) in [5.74, 6) is 0.239. The van der Waals surface area contributed by atoms with Gasteiger partial charge >= 0.3 is 5.97 Å². The minimum atomic E-state index is -0.588. The summed E-state index contributed by atoms with van der Waals surface area (Å²) in [4.78, 5) is 21.1. The normalized spacial score (nSPS) is 13.8. The van der Waals surface area contributed by atoms with E-state index >= 15 is 0 Å². The van der Waals surface area contributed by atoms with Gasteiger partial charge in [0, 0.05) is 5.56 Å². The first-order valence-corrected chi connectivity index (χ1v) is 9.41. The lowest BCUT2D eigenvalue weighted by molar-refractivity contribution is 0.0594. The summed E-state index contributed by atoms with van der Waals surface area (Å²) in [6, 6.07) is 5.57. The standard InChI is InChI=1S/C21H25N3O5/c1-13(2)17-11-22-20(18(23-17)21(26)27-3)24-16-6-4-5-15(19(16)29-12-25)14-7-9-28-10-8-14/h4-7,11,13,25H,8-10,12H2,1-3H3,(H,22,24). The van der Waals surface area contributed by atoms with Gasteiger partial charge in [0.15, 0.2) is 24.1 Å². The fraction of sp³-hybridized carbons (Fsp3) is 0.381. The van der Waals surface area contributed by atoms with E-state index in [1.165, 1.54) is 7.11 Å². The first-order valence-electron chi connectivity index (χ1n) is 9.41. The number of aromatic nitrogens is 2. The van der Waals surface area contributed by atoms with E-state index in [0.717, 1.165) is 17.6 Å². The Bertz CT molecular complexity index is 911. The lowest BCUT2D eigenvalue weighted by Crippen LogP contribution is -2.13. The molecule has 2 N–H and O–H groups in total. The minimum absolute atomic E-state index is 0.0873. The number of rotatable bonds is 7. The Balaban J connectivity index is 2.03. The number of aliphatic hydroxyl groups excluding tert-OH is 1.